The van der Waals surface area contributed by atoms with Crippen LogP contribution in [-0.4, -0.2) is 49.2 Å². The first-order valence-corrected chi connectivity index (χ1v) is 8.14. The molecule has 0 aliphatic heterocycles. The van der Waals surface area contributed by atoms with Crippen LogP contribution in [0.25, 0.3) is 22.8 Å². The summed E-state index contributed by atoms with van der Waals surface area (Å²) in [5.74, 6) is 1.29. The molecule has 1 heterocycles. The third-order valence-corrected chi connectivity index (χ3v) is 3.79. The number of carboxylic acid groups (broad SMARTS) is 1. The Morgan fingerprint density at radius 2 is 1.75 bits per heavy atom. The van der Waals surface area contributed by atoms with Crippen LogP contribution in [0.1, 0.15) is 0 Å². The first kappa shape index (κ1) is 19.0. The maximum absolute atomic E-state index is 10.6. The predicted molar refractivity (Wildman–Crippen MR) is 98.0 cm³/mol. The predicted octanol–water partition coefficient (Wildman–Crippen LogP) is 2.89. The SMILES string of the molecule is COc1cc(-c2noc(-c3cccc(OCC(=O)O)c3)n2)cc(OC)c1OC. The average molecular weight is 386 g/mol. The lowest BCUT2D eigenvalue weighted by Gasteiger charge is -2.12. The highest BCUT2D eigenvalue weighted by atomic mass is 16.5. The van der Waals surface area contributed by atoms with Crippen LogP contribution in [-0.2, 0) is 4.79 Å². The van der Waals surface area contributed by atoms with E-state index in [1.54, 1.807) is 36.4 Å². The Morgan fingerprint density at radius 1 is 1.04 bits per heavy atom. The van der Waals surface area contributed by atoms with E-state index in [4.69, 9.17) is 28.6 Å². The van der Waals surface area contributed by atoms with Crippen molar-refractivity contribution >= 4 is 5.97 Å². The van der Waals surface area contributed by atoms with E-state index >= 15 is 0 Å². The number of methoxy groups -OCH3 is 3. The van der Waals surface area contributed by atoms with Gasteiger partial charge in [-0.05, 0) is 30.3 Å². The van der Waals surface area contributed by atoms with Gasteiger partial charge in [-0.1, -0.05) is 11.2 Å². The number of ether oxygens (including phenoxy) is 4. The lowest BCUT2D eigenvalue weighted by Crippen LogP contribution is -2.09. The molecular weight excluding hydrogens is 368 g/mol. The van der Waals surface area contributed by atoms with Crippen LogP contribution in [0.3, 0.4) is 0 Å². The number of rotatable bonds is 8. The van der Waals surface area contributed by atoms with Gasteiger partial charge in [0, 0.05) is 11.1 Å². The Balaban J connectivity index is 1.92. The fourth-order valence-corrected chi connectivity index (χ4v) is 2.53. The molecule has 2 aromatic carbocycles. The van der Waals surface area contributed by atoms with Crippen molar-refractivity contribution in [2.24, 2.45) is 0 Å². The smallest absolute Gasteiger partial charge is 0.341 e. The van der Waals surface area contributed by atoms with Gasteiger partial charge < -0.3 is 28.6 Å². The van der Waals surface area contributed by atoms with Crippen molar-refractivity contribution < 1.29 is 33.4 Å². The molecule has 0 bridgehead atoms. The molecule has 9 heteroatoms. The largest absolute Gasteiger partial charge is 0.493 e. The normalized spacial score (nSPS) is 10.4. The second-order valence-corrected chi connectivity index (χ2v) is 5.55. The van der Waals surface area contributed by atoms with Crippen molar-refractivity contribution in [3.8, 4) is 45.8 Å². The van der Waals surface area contributed by atoms with E-state index in [1.807, 2.05) is 0 Å². The van der Waals surface area contributed by atoms with E-state index < -0.39 is 12.6 Å². The quantitative estimate of drug-likeness (QED) is 0.624. The average Bonchev–Trinajstić information content (AvgIpc) is 3.21. The Kier molecular flexibility index (Phi) is 5.64. The van der Waals surface area contributed by atoms with Crippen LogP contribution in [0.5, 0.6) is 23.0 Å². The van der Waals surface area contributed by atoms with Gasteiger partial charge in [0.25, 0.3) is 5.89 Å². The second kappa shape index (κ2) is 8.30. The van der Waals surface area contributed by atoms with Crippen LogP contribution in [0, 0.1) is 0 Å². The highest BCUT2D eigenvalue weighted by Gasteiger charge is 2.18. The molecular formula is C19H18N2O7. The third kappa shape index (κ3) is 3.98. The lowest BCUT2D eigenvalue weighted by molar-refractivity contribution is -0.139. The summed E-state index contributed by atoms with van der Waals surface area (Å²) in [6.07, 6.45) is 0. The molecule has 0 spiro atoms. The zero-order chi connectivity index (χ0) is 20.1. The molecule has 1 aromatic heterocycles. The molecule has 0 saturated carbocycles. The maximum atomic E-state index is 10.6. The fourth-order valence-electron chi connectivity index (χ4n) is 2.53. The van der Waals surface area contributed by atoms with Crippen LogP contribution >= 0.6 is 0 Å². The van der Waals surface area contributed by atoms with Crippen molar-refractivity contribution in [3.63, 3.8) is 0 Å². The van der Waals surface area contributed by atoms with Crippen molar-refractivity contribution in [1.29, 1.82) is 0 Å². The molecule has 0 aliphatic carbocycles. The van der Waals surface area contributed by atoms with Gasteiger partial charge in [0.1, 0.15) is 5.75 Å². The number of hydrogen-bond acceptors (Lipinski definition) is 8. The molecule has 28 heavy (non-hydrogen) atoms. The minimum Gasteiger partial charge on any atom is -0.493 e. The van der Waals surface area contributed by atoms with Gasteiger partial charge in [0.05, 0.1) is 21.3 Å². The van der Waals surface area contributed by atoms with Crippen molar-refractivity contribution in [2.75, 3.05) is 27.9 Å². The van der Waals surface area contributed by atoms with E-state index in [0.29, 0.717) is 39.9 Å². The molecule has 0 atom stereocenters. The molecule has 3 rings (SSSR count). The molecule has 0 unspecified atom stereocenters. The number of benzene rings is 2. The molecule has 0 saturated heterocycles. The molecule has 0 fully saturated rings. The summed E-state index contributed by atoms with van der Waals surface area (Å²) in [6, 6.07) is 10.1. The molecule has 0 aliphatic rings. The number of hydrogen-bond donors (Lipinski definition) is 1. The minimum atomic E-state index is -1.06. The van der Waals surface area contributed by atoms with Gasteiger partial charge in [0.15, 0.2) is 18.1 Å². The second-order valence-electron chi connectivity index (χ2n) is 5.55. The number of aromatic nitrogens is 2. The third-order valence-electron chi connectivity index (χ3n) is 3.79. The lowest BCUT2D eigenvalue weighted by atomic mass is 10.1. The van der Waals surface area contributed by atoms with Gasteiger partial charge in [-0.2, -0.15) is 4.98 Å². The fraction of sp³-hybridized carbons (Fsp3) is 0.211. The summed E-state index contributed by atoms with van der Waals surface area (Å²) in [6.45, 7) is -0.441. The summed E-state index contributed by atoms with van der Waals surface area (Å²) in [5.41, 5.74) is 1.21. The Hall–Kier alpha value is -3.75. The molecule has 9 nitrogen and oxygen atoms in total. The van der Waals surface area contributed by atoms with Crippen LogP contribution in [0.2, 0.25) is 0 Å². The van der Waals surface area contributed by atoms with Gasteiger partial charge in [-0.15, -0.1) is 0 Å². The van der Waals surface area contributed by atoms with Gasteiger partial charge >= 0.3 is 5.97 Å². The highest BCUT2D eigenvalue weighted by Crippen LogP contribution is 2.40. The van der Waals surface area contributed by atoms with E-state index in [1.165, 1.54) is 21.3 Å². The summed E-state index contributed by atoms with van der Waals surface area (Å²) in [7, 11) is 4.56. The standard InChI is InChI=1S/C19H18N2O7/c1-24-14-8-12(9-15(25-2)17(14)26-3)18-20-19(28-21-18)11-5-4-6-13(7-11)27-10-16(22)23/h4-9H,10H2,1-3H3,(H,22,23). The first-order chi connectivity index (χ1) is 13.5. The van der Waals surface area contributed by atoms with Gasteiger partial charge in [-0.3, -0.25) is 0 Å². The summed E-state index contributed by atoms with van der Waals surface area (Å²) < 4.78 is 26.5. The van der Waals surface area contributed by atoms with E-state index in [9.17, 15) is 4.79 Å². The minimum absolute atomic E-state index is 0.254. The van der Waals surface area contributed by atoms with Crippen LogP contribution in [0.15, 0.2) is 40.9 Å². The Labute approximate surface area is 160 Å². The highest BCUT2D eigenvalue weighted by molar-refractivity contribution is 5.69. The van der Waals surface area contributed by atoms with E-state index in [0.717, 1.165) is 0 Å². The monoisotopic (exact) mass is 386 g/mol. The molecule has 0 radical (unpaired) electrons. The number of carbonyl (C=O) groups is 1. The molecule has 3 aromatic rings. The number of nitrogens with zero attached hydrogens (tertiary/aromatic N) is 2. The van der Waals surface area contributed by atoms with Crippen LogP contribution in [0.4, 0.5) is 0 Å². The van der Waals surface area contributed by atoms with Crippen molar-refractivity contribution in [2.45, 2.75) is 0 Å². The molecule has 1 N–H and O–H groups in total. The zero-order valence-electron chi connectivity index (χ0n) is 15.5. The molecule has 0 amide bonds. The summed E-state index contributed by atoms with van der Waals surface area (Å²) >= 11 is 0. The molecule has 146 valence electrons. The Bertz CT molecular complexity index is 959. The van der Waals surface area contributed by atoms with Gasteiger partial charge in [-0.25, -0.2) is 4.79 Å². The number of aliphatic carboxylic acids is 1. The number of carboxylic acids is 1. The van der Waals surface area contributed by atoms with E-state index in [-0.39, 0.29) is 5.89 Å². The van der Waals surface area contributed by atoms with Crippen LogP contribution < -0.4 is 18.9 Å². The maximum Gasteiger partial charge on any atom is 0.341 e. The van der Waals surface area contributed by atoms with Crippen molar-refractivity contribution in [1.82, 2.24) is 10.1 Å². The Morgan fingerprint density at radius 3 is 2.36 bits per heavy atom. The first-order valence-electron chi connectivity index (χ1n) is 8.14. The topological polar surface area (TPSA) is 113 Å². The van der Waals surface area contributed by atoms with Gasteiger partial charge in [0.2, 0.25) is 11.6 Å². The summed E-state index contributed by atoms with van der Waals surface area (Å²) in [5, 5.41) is 12.7. The van der Waals surface area contributed by atoms with Crippen molar-refractivity contribution in [3.05, 3.63) is 36.4 Å². The summed E-state index contributed by atoms with van der Waals surface area (Å²) in [4.78, 5) is 15.0. The van der Waals surface area contributed by atoms with E-state index in [2.05, 4.69) is 10.1 Å². The zero-order valence-corrected chi connectivity index (χ0v) is 15.5.